The van der Waals surface area contributed by atoms with Gasteiger partial charge in [0.2, 0.25) is 0 Å². The highest BCUT2D eigenvalue weighted by Gasteiger charge is 2.01. The maximum Gasteiger partial charge on any atom is 0.0655 e. The lowest BCUT2D eigenvalue weighted by Gasteiger charge is -2.08. The number of pyridine rings is 1. The van der Waals surface area contributed by atoms with E-state index in [4.69, 9.17) is 0 Å². The fourth-order valence-electron chi connectivity index (χ4n) is 2.08. The molecule has 2 heteroatoms. The third-order valence-electron chi connectivity index (χ3n) is 3.29. The van der Waals surface area contributed by atoms with Gasteiger partial charge in [0.1, 0.15) is 0 Å². The molecule has 0 aliphatic heterocycles. The predicted octanol–water partition coefficient (Wildman–Crippen LogP) is 4.33. The van der Waals surface area contributed by atoms with Crippen molar-refractivity contribution in [3.8, 4) is 0 Å². The molecule has 0 amide bonds. The molecule has 0 aliphatic rings. The Morgan fingerprint density at radius 1 is 1.00 bits per heavy atom. The van der Waals surface area contributed by atoms with Gasteiger partial charge in [-0.15, -0.1) is 0 Å². The van der Waals surface area contributed by atoms with Gasteiger partial charge in [-0.05, 0) is 54.7 Å². The highest BCUT2D eigenvalue weighted by molar-refractivity contribution is 5.58. The molecule has 2 aromatic rings. The van der Waals surface area contributed by atoms with Crippen LogP contribution < -0.4 is 5.32 Å². The van der Waals surface area contributed by atoms with E-state index in [-0.39, 0.29) is 0 Å². The second kappa shape index (κ2) is 6.89. The lowest BCUT2D eigenvalue weighted by molar-refractivity contribution is 0.815. The van der Waals surface area contributed by atoms with E-state index in [2.05, 4.69) is 59.9 Å². The van der Waals surface area contributed by atoms with Crippen LogP contribution in [0.25, 0.3) is 5.57 Å². The number of allylic oxidation sites excluding steroid dienone is 2. The summed E-state index contributed by atoms with van der Waals surface area (Å²) >= 11 is 0. The number of hydrogen-bond acceptors (Lipinski definition) is 2. The molecule has 0 saturated heterocycles. The molecule has 2 rings (SSSR count). The Balaban J connectivity index is 2.04. The number of aromatic nitrogens is 1. The van der Waals surface area contributed by atoms with Gasteiger partial charge in [0.25, 0.3) is 0 Å². The van der Waals surface area contributed by atoms with Crippen LogP contribution in [0.2, 0.25) is 0 Å². The molecule has 1 aromatic heterocycles. The Labute approximate surface area is 127 Å². The van der Waals surface area contributed by atoms with Gasteiger partial charge in [-0.2, -0.15) is 0 Å². The summed E-state index contributed by atoms with van der Waals surface area (Å²) in [6.07, 6.45) is 2.77. The van der Waals surface area contributed by atoms with Crippen molar-refractivity contribution in [2.45, 2.75) is 26.8 Å². The van der Waals surface area contributed by atoms with Gasteiger partial charge in [0.05, 0.1) is 5.69 Å². The van der Waals surface area contributed by atoms with Crippen LogP contribution in [0.15, 0.2) is 61.4 Å². The average Bonchev–Trinajstić information content (AvgIpc) is 2.47. The Kier molecular flexibility index (Phi) is 4.94. The van der Waals surface area contributed by atoms with Gasteiger partial charge >= 0.3 is 0 Å². The monoisotopic (exact) mass is 278 g/mol. The first-order chi connectivity index (χ1) is 10.0. The Morgan fingerprint density at radius 2 is 1.67 bits per heavy atom. The largest absolute Gasteiger partial charge is 0.385 e. The molecular formula is C19H22N2. The van der Waals surface area contributed by atoms with E-state index >= 15 is 0 Å². The third kappa shape index (κ3) is 4.60. The molecule has 0 saturated carbocycles. The summed E-state index contributed by atoms with van der Waals surface area (Å²) in [4.78, 5) is 4.32. The normalized spacial score (nSPS) is 10.2. The first-order valence-electron chi connectivity index (χ1n) is 7.12. The van der Waals surface area contributed by atoms with E-state index in [1.165, 1.54) is 16.7 Å². The standard InChI is InChI=1S/C19H22N2/c1-14(2)19-12-18(9-10-20-19)11-16-5-7-17(8-6-16)13-21-15(3)4/h5-10,12,21H,1,3,11,13H2,2,4H3. The first-order valence-corrected chi connectivity index (χ1v) is 7.12. The maximum absolute atomic E-state index is 4.32. The Bertz CT molecular complexity index is 639. The molecule has 0 fully saturated rings. The number of nitrogens with zero attached hydrogens (tertiary/aromatic N) is 1. The smallest absolute Gasteiger partial charge is 0.0655 e. The topological polar surface area (TPSA) is 24.9 Å². The van der Waals surface area contributed by atoms with Gasteiger partial charge in [-0.25, -0.2) is 0 Å². The van der Waals surface area contributed by atoms with Crippen LogP contribution in [0.1, 0.15) is 36.2 Å². The predicted molar refractivity (Wildman–Crippen MR) is 89.8 cm³/mol. The molecule has 1 N–H and O–H groups in total. The second-order valence-corrected chi connectivity index (χ2v) is 5.46. The fraction of sp³-hybridized carbons (Fsp3) is 0.211. The molecule has 0 aliphatic carbocycles. The molecule has 108 valence electrons. The van der Waals surface area contributed by atoms with Crippen molar-refractivity contribution in [1.29, 1.82) is 0 Å². The Hall–Kier alpha value is -2.35. The van der Waals surface area contributed by atoms with E-state index in [0.717, 1.165) is 29.9 Å². The lowest BCUT2D eigenvalue weighted by atomic mass is 10.0. The molecule has 0 bridgehead atoms. The summed E-state index contributed by atoms with van der Waals surface area (Å²) in [6, 6.07) is 12.8. The van der Waals surface area contributed by atoms with E-state index < -0.39 is 0 Å². The van der Waals surface area contributed by atoms with E-state index in [9.17, 15) is 0 Å². The van der Waals surface area contributed by atoms with Crippen molar-refractivity contribution in [2.75, 3.05) is 0 Å². The quantitative estimate of drug-likeness (QED) is 0.850. The maximum atomic E-state index is 4.32. The minimum absolute atomic E-state index is 0.824. The SMILES string of the molecule is C=C(C)NCc1ccc(Cc2ccnc(C(=C)C)c2)cc1. The lowest BCUT2D eigenvalue weighted by Crippen LogP contribution is -2.09. The summed E-state index contributed by atoms with van der Waals surface area (Å²) in [7, 11) is 0. The molecule has 0 atom stereocenters. The molecule has 2 nitrogen and oxygen atoms in total. The van der Waals surface area contributed by atoms with Crippen molar-refractivity contribution >= 4 is 5.57 Å². The van der Waals surface area contributed by atoms with Crippen molar-refractivity contribution < 1.29 is 0 Å². The molecule has 1 aromatic carbocycles. The fourth-order valence-corrected chi connectivity index (χ4v) is 2.08. The van der Waals surface area contributed by atoms with E-state index in [1.54, 1.807) is 0 Å². The summed E-state index contributed by atoms with van der Waals surface area (Å²) in [5.41, 5.74) is 6.78. The number of nitrogens with one attached hydrogen (secondary N) is 1. The van der Waals surface area contributed by atoms with E-state index in [1.807, 2.05) is 20.0 Å². The summed E-state index contributed by atoms with van der Waals surface area (Å²) in [5.74, 6) is 0. The van der Waals surface area contributed by atoms with Crippen LogP contribution in [0, 0.1) is 0 Å². The first kappa shape index (κ1) is 15.0. The summed E-state index contributed by atoms with van der Waals surface area (Å²) in [5, 5.41) is 3.24. The number of rotatable bonds is 6. The zero-order chi connectivity index (χ0) is 15.2. The Morgan fingerprint density at radius 3 is 2.29 bits per heavy atom. The van der Waals surface area contributed by atoms with Crippen LogP contribution in [-0.2, 0) is 13.0 Å². The van der Waals surface area contributed by atoms with Crippen molar-refractivity contribution in [1.82, 2.24) is 10.3 Å². The molecule has 0 unspecified atom stereocenters. The second-order valence-electron chi connectivity index (χ2n) is 5.46. The molecule has 0 radical (unpaired) electrons. The van der Waals surface area contributed by atoms with Crippen LogP contribution in [-0.4, -0.2) is 4.98 Å². The molecule has 0 spiro atoms. The van der Waals surface area contributed by atoms with Gasteiger partial charge in [-0.1, -0.05) is 37.4 Å². The van der Waals surface area contributed by atoms with Crippen molar-refractivity contribution in [2.24, 2.45) is 0 Å². The zero-order valence-electron chi connectivity index (χ0n) is 12.8. The highest BCUT2D eigenvalue weighted by Crippen LogP contribution is 2.14. The average molecular weight is 278 g/mol. The van der Waals surface area contributed by atoms with Crippen LogP contribution in [0.5, 0.6) is 0 Å². The zero-order valence-corrected chi connectivity index (χ0v) is 12.8. The van der Waals surface area contributed by atoms with Crippen molar-refractivity contribution in [3.05, 3.63) is 83.8 Å². The van der Waals surface area contributed by atoms with Gasteiger partial charge < -0.3 is 5.32 Å². The van der Waals surface area contributed by atoms with Gasteiger partial charge in [0.15, 0.2) is 0 Å². The summed E-state index contributed by atoms with van der Waals surface area (Å²) < 4.78 is 0. The van der Waals surface area contributed by atoms with Crippen LogP contribution in [0.4, 0.5) is 0 Å². The van der Waals surface area contributed by atoms with Gasteiger partial charge in [-0.3, -0.25) is 4.98 Å². The van der Waals surface area contributed by atoms with Crippen LogP contribution >= 0.6 is 0 Å². The van der Waals surface area contributed by atoms with Crippen LogP contribution in [0.3, 0.4) is 0 Å². The molecular weight excluding hydrogens is 256 g/mol. The molecule has 21 heavy (non-hydrogen) atoms. The van der Waals surface area contributed by atoms with Crippen molar-refractivity contribution in [3.63, 3.8) is 0 Å². The number of hydrogen-bond donors (Lipinski definition) is 1. The highest BCUT2D eigenvalue weighted by atomic mass is 14.9. The third-order valence-corrected chi connectivity index (χ3v) is 3.29. The molecule has 1 heterocycles. The minimum atomic E-state index is 0.824. The van der Waals surface area contributed by atoms with E-state index in [0.29, 0.717) is 0 Å². The summed E-state index contributed by atoms with van der Waals surface area (Å²) in [6.45, 7) is 12.6. The van der Waals surface area contributed by atoms with Gasteiger partial charge in [0, 0.05) is 18.4 Å². The minimum Gasteiger partial charge on any atom is -0.385 e. The number of benzene rings is 1.